The summed E-state index contributed by atoms with van der Waals surface area (Å²) in [6, 6.07) is 3.94. The van der Waals surface area contributed by atoms with E-state index in [2.05, 4.69) is 11.1 Å². The van der Waals surface area contributed by atoms with Crippen LogP contribution in [0.3, 0.4) is 0 Å². The molecule has 0 aromatic carbocycles. The van der Waals surface area contributed by atoms with Crippen molar-refractivity contribution in [3.63, 3.8) is 0 Å². The standard InChI is InChI=1S/C18H23NO4/c1-12(20)18(22-11-21-2)10-16-15-9-14(6-5-13-3-4-13)23-17(15)7-8-19-16/h7-9,13,18H,3-6,10-11H2,1-2H3/t18-/m0/s1. The highest BCUT2D eigenvalue weighted by Gasteiger charge is 2.22. The molecule has 1 aliphatic carbocycles. The van der Waals surface area contributed by atoms with Crippen LogP contribution >= 0.6 is 0 Å². The number of methoxy groups -OCH3 is 1. The normalized spacial score (nSPS) is 15.9. The van der Waals surface area contributed by atoms with Gasteiger partial charge in [-0.1, -0.05) is 12.8 Å². The molecular formula is C18H23NO4. The number of nitrogens with zero attached hydrogens (tertiary/aromatic N) is 1. The summed E-state index contributed by atoms with van der Waals surface area (Å²) in [6.45, 7) is 1.62. The van der Waals surface area contributed by atoms with Gasteiger partial charge in [-0.3, -0.25) is 9.78 Å². The van der Waals surface area contributed by atoms with E-state index in [0.717, 1.165) is 34.8 Å². The smallest absolute Gasteiger partial charge is 0.159 e. The molecule has 1 saturated carbocycles. The number of Topliss-reactive ketones (excluding diaryl/α,β-unsaturated/α-hetero) is 1. The maximum absolute atomic E-state index is 11.7. The first kappa shape index (κ1) is 16.1. The fourth-order valence-corrected chi connectivity index (χ4v) is 2.76. The highest BCUT2D eigenvalue weighted by Crippen LogP contribution is 2.34. The Labute approximate surface area is 136 Å². The van der Waals surface area contributed by atoms with Gasteiger partial charge < -0.3 is 13.9 Å². The molecule has 2 aromatic heterocycles. The van der Waals surface area contributed by atoms with E-state index >= 15 is 0 Å². The number of furan rings is 1. The summed E-state index contributed by atoms with van der Waals surface area (Å²) in [5, 5.41) is 0.977. The Morgan fingerprint density at radius 3 is 3.00 bits per heavy atom. The molecule has 1 atom stereocenters. The Morgan fingerprint density at radius 2 is 2.30 bits per heavy atom. The molecule has 0 N–H and O–H groups in total. The van der Waals surface area contributed by atoms with Crippen LogP contribution in [0.2, 0.25) is 0 Å². The van der Waals surface area contributed by atoms with E-state index in [1.807, 2.05) is 6.07 Å². The third-order valence-corrected chi connectivity index (χ3v) is 4.29. The predicted molar refractivity (Wildman–Crippen MR) is 86.2 cm³/mol. The summed E-state index contributed by atoms with van der Waals surface area (Å²) < 4.78 is 16.3. The molecule has 3 rings (SSSR count). The fourth-order valence-electron chi connectivity index (χ4n) is 2.76. The van der Waals surface area contributed by atoms with Crippen molar-refractivity contribution in [2.45, 2.75) is 45.1 Å². The molecule has 0 bridgehead atoms. The number of rotatable bonds is 9. The lowest BCUT2D eigenvalue weighted by Crippen LogP contribution is -2.26. The Hall–Kier alpha value is -1.72. The molecule has 1 aliphatic rings. The third kappa shape index (κ3) is 4.18. The van der Waals surface area contributed by atoms with Crippen molar-refractivity contribution in [2.75, 3.05) is 13.9 Å². The van der Waals surface area contributed by atoms with E-state index < -0.39 is 6.10 Å². The third-order valence-electron chi connectivity index (χ3n) is 4.29. The van der Waals surface area contributed by atoms with Crippen LogP contribution in [0, 0.1) is 5.92 Å². The number of pyridine rings is 1. The van der Waals surface area contributed by atoms with Gasteiger partial charge in [0.25, 0.3) is 0 Å². The zero-order valence-electron chi connectivity index (χ0n) is 13.7. The van der Waals surface area contributed by atoms with Crippen LogP contribution in [-0.2, 0) is 27.1 Å². The second-order valence-electron chi connectivity index (χ2n) is 6.24. The van der Waals surface area contributed by atoms with Gasteiger partial charge in [-0.05, 0) is 31.4 Å². The molecule has 0 saturated heterocycles. The molecule has 0 unspecified atom stereocenters. The van der Waals surface area contributed by atoms with Gasteiger partial charge in [-0.15, -0.1) is 0 Å². The average Bonchev–Trinajstić information content (AvgIpc) is 3.27. The van der Waals surface area contributed by atoms with Crippen LogP contribution in [0.1, 0.15) is 37.6 Å². The largest absolute Gasteiger partial charge is 0.461 e. The Balaban J connectivity index is 1.76. The lowest BCUT2D eigenvalue weighted by molar-refractivity contribution is -0.137. The van der Waals surface area contributed by atoms with E-state index in [-0.39, 0.29) is 12.6 Å². The number of hydrogen-bond donors (Lipinski definition) is 0. The quantitative estimate of drug-likeness (QED) is 0.664. The average molecular weight is 317 g/mol. The van der Waals surface area contributed by atoms with Gasteiger partial charge in [-0.25, -0.2) is 0 Å². The van der Waals surface area contributed by atoms with Crippen molar-refractivity contribution < 1.29 is 18.7 Å². The summed E-state index contributed by atoms with van der Waals surface area (Å²) >= 11 is 0. The number of carbonyl (C=O) groups excluding carboxylic acids is 1. The summed E-state index contributed by atoms with van der Waals surface area (Å²) in [7, 11) is 1.54. The van der Waals surface area contributed by atoms with Gasteiger partial charge in [0.2, 0.25) is 0 Å². The minimum Gasteiger partial charge on any atom is -0.461 e. The lowest BCUT2D eigenvalue weighted by Gasteiger charge is -2.14. The molecule has 5 heteroatoms. The summed E-state index contributed by atoms with van der Waals surface area (Å²) in [5.41, 5.74) is 1.66. The van der Waals surface area contributed by atoms with Crippen molar-refractivity contribution in [2.24, 2.45) is 5.92 Å². The molecule has 124 valence electrons. The van der Waals surface area contributed by atoms with Crippen molar-refractivity contribution in [3.8, 4) is 0 Å². The van der Waals surface area contributed by atoms with Crippen LogP contribution in [0.25, 0.3) is 11.0 Å². The van der Waals surface area contributed by atoms with Gasteiger partial charge in [0.1, 0.15) is 24.2 Å². The second kappa shape index (κ2) is 7.23. The predicted octanol–water partition coefficient (Wildman–Crippen LogP) is 3.29. The molecule has 0 spiro atoms. The number of ketones is 1. The maximum Gasteiger partial charge on any atom is 0.159 e. The van der Waals surface area contributed by atoms with E-state index in [0.29, 0.717) is 6.42 Å². The van der Waals surface area contributed by atoms with Crippen molar-refractivity contribution in [3.05, 3.63) is 29.8 Å². The Bertz CT molecular complexity index is 675. The highest BCUT2D eigenvalue weighted by molar-refractivity contribution is 5.83. The number of aromatic nitrogens is 1. The topological polar surface area (TPSA) is 61.6 Å². The summed E-state index contributed by atoms with van der Waals surface area (Å²) in [4.78, 5) is 16.2. The molecular weight excluding hydrogens is 294 g/mol. The molecule has 1 fully saturated rings. The number of fused-ring (bicyclic) bond motifs is 1. The van der Waals surface area contributed by atoms with E-state index in [4.69, 9.17) is 13.9 Å². The molecule has 2 heterocycles. The van der Waals surface area contributed by atoms with Crippen molar-refractivity contribution >= 4 is 16.8 Å². The first-order chi connectivity index (χ1) is 11.2. The molecule has 0 aliphatic heterocycles. The van der Waals surface area contributed by atoms with Gasteiger partial charge in [0.15, 0.2) is 5.78 Å². The Morgan fingerprint density at radius 1 is 1.48 bits per heavy atom. The first-order valence-corrected chi connectivity index (χ1v) is 8.14. The number of ether oxygens (including phenoxy) is 2. The maximum atomic E-state index is 11.7. The molecule has 0 radical (unpaired) electrons. The van der Waals surface area contributed by atoms with Gasteiger partial charge in [-0.2, -0.15) is 0 Å². The van der Waals surface area contributed by atoms with E-state index in [1.165, 1.54) is 26.2 Å². The van der Waals surface area contributed by atoms with Crippen LogP contribution in [0.15, 0.2) is 22.7 Å². The van der Waals surface area contributed by atoms with E-state index in [9.17, 15) is 4.79 Å². The highest BCUT2D eigenvalue weighted by atomic mass is 16.7. The molecule has 23 heavy (non-hydrogen) atoms. The van der Waals surface area contributed by atoms with Crippen LogP contribution in [0.5, 0.6) is 0 Å². The molecule has 5 nitrogen and oxygen atoms in total. The Kier molecular flexibility index (Phi) is 5.08. The zero-order valence-corrected chi connectivity index (χ0v) is 13.7. The second-order valence-corrected chi connectivity index (χ2v) is 6.24. The van der Waals surface area contributed by atoms with Crippen LogP contribution in [0.4, 0.5) is 0 Å². The summed E-state index contributed by atoms with van der Waals surface area (Å²) in [5.74, 6) is 1.85. The molecule has 0 amide bonds. The van der Waals surface area contributed by atoms with Crippen molar-refractivity contribution in [1.29, 1.82) is 0 Å². The van der Waals surface area contributed by atoms with Gasteiger partial charge in [0, 0.05) is 31.5 Å². The number of aryl methyl sites for hydroxylation is 1. The zero-order chi connectivity index (χ0) is 16.2. The first-order valence-electron chi connectivity index (χ1n) is 8.14. The number of hydrogen-bond acceptors (Lipinski definition) is 5. The monoisotopic (exact) mass is 317 g/mol. The number of carbonyl (C=O) groups is 1. The van der Waals surface area contributed by atoms with Crippen LogP contribution < -0.4 is 0 Å². The lowest BCUT2D eigenvalue weighted by atomic mass is 10.1. The van der Waals surface area contributed by atoms with Gasteiger partial charge >= 0.3 is 0 Å². The fraction of sp³-hybridized carbons (Fsp3) is 0.556. The minimum atomic E-state index is -0.544. The van der Waals surface area contributed by atoms with Gasteiger partial charge in [0.05, 0.1) is 5.69 Å². The summed E-state index contributed by atoms with van der Waals surface area (Å²) in [6.07, 6.45) is 6.47. The molecule has 2 aromatic rings. The van der Waals surface area contributed by atoms with Crippen LogP contribution in [-0.4, -0.2) is 30.8 Å². The van der Waals surface area contributed by atoms with E-state index in [1.54, 1.807) is 13.3 Å². The SMILES string of the molecule is COCO[C@@H](Cc1nccc2oc(CCC3CC3)cc12)C(C)=O. The minimum absolute atomic E-state index is 0.0293. The van der Waals surface area contributed by atoms with Crippen molar-refractivity contribution in [1.82, 2.24) is 4.98 Å².